The minimum atomic E-state index is -1.11. The highest BCUT2D eigenvalue weighted by Gasteiger charge is 2.25. The molecular weight excluding hydrogens is 325 g/mol. The lowest BCUT2D eigenvalue weighted by atomic mass is 9.96. The van der Waals surface area contributed by atoms with Gasteiger partial charge in [0.1, 0.15) is 17.1 Å². The Kier molecular flexibility index (Phi) is 5.15. The summed E-state index contributed by atoms with van der Waals surface area (Å²) in [6, 6.07) is 3.41. The van der Waals surface area contributed by atoms with Gasteiger partial charge in [-0.25, -0.2) is 9.18 Å². The number of nitrogens with one attached hydrogen (secondary N) is 1. The molecule has 0 aliphatic carbocycles. The first-order valence-electron chi connectivity index (χ1n) is 8.41. The molecule has 0 unspecified atom stereocenters. The topological polar surface area (TPSA) is 78.5 Å². The molecule has 1 fully saturated rings. The molecule has 0 saturated carbocycles. The maximum Gasteiger partial charge on any atom is 0.339 e. The Labute approximate surface area is 145 Å². The van der Waals surface area contributed by atoms with Crippen LogP contribution in [0.1, 0.15) is 34.1 Å². The first kappa shape index (κ1) is 17.6. The average molecular weight is 347 g/mol. The van der Waals surface area contributed by atoms with Gasteiger partial charge in [0.05, 0.1) is 13.2 Å². The third-order valence-corrected chi connectivity index (χ3v) is 4.54. The smallest absolute Gasteiger partial charge is 0.339 e. The minimum absolute atomic E-state index is 0.0198. The number of rotatable bonds is 5. The largest absolute Gasteiger partial charge is 0.478 e. The number of aromatic carboxylic acids is 1. The van der Waals surface area contributed by atoms with E-state index in [0.29, 0.717) is 31.9 Å². The summed E-state index contributed by atoms with van der Waals surface area (Å²) in [6.45, 7) is 6.95. The molecule has 2 heterocycles. The molecule has 2 aromatic rings. The van der Waals surface area contributed by atoms with Crippen molar-refractivity contribution in [3.63, 3.8) is 0 Å². The molecule has 134 valence electrons. The summed E-state index contributed by atoms with van der Waals surface area (Å²) >= 11 is 0. The summed E-state index contributed by atoms with van der Waals surface area (Å²) in [7, 11) is 0. The lowest BCUT2D eigenvalue weighted by Gasteiger charge is -2.27. The van der Waals surface area contributed by atoms with Crippen LogP contribution in [0.4, 0.5) is 4.39 Å². The molecule has 0 amide bonds. The maximum absolute atomic E-state index is 14.9. The molecule has 3 rings (SSSR count). The Hall–Kier alpha value is -2.25. The third-order valence-electron chi connectivity index (χ3n) is 4.54. The van der Waals surface area contributed by atoms with Gasteiger partial charge in [-0.05, 0) is 30.5 Å². The number of ether oxygens (including phenoxy) is 1. The second-order valence-corrected chi connectivity index (χ2v) is 6.23. The molecule has 1 aromatic carbocycles. The number of aryl methyl sites for hydroxylation is 2. The molecule has 0 atom stereocenters. The fraction of sp³-hybridized carbons (Fsp3) is 0.444. The molecule has 0 bridgehead atoms. The van der Waals surface area contributed by atoms with Crippen LogP contribution in [-0.4, -0.2) is 52.5 Å². The number of hydrogen-bond donors (Lipinski definition) is 2. The molecule has 0 radical (unpaired) electrons. The highest BCUT2D eigenvalue weighted by atomic mass is 19.1. The SMILES string of the molecule is CCc1cc(F)c(-c2n[nH]c(C)c2C(=O)O)c(CN2CCOCC2)c1. The zero-order valence-electron chi connectivity index (χ0n) is 14.4. The highest BCUT2D eigenvalue weighted by Crippen LogP contribution is 2.32. The van der Waals surface area contributed by atoms with E-state index in [9.17, 15) is 14.3 Å². The molecule has 2 N–H and O–H groups in total. The second-order valence-electron chi connectivity index (χ2n) is 6.23. The molecule has 1 aromatic heterocycles. The molecule has 0 spiro atoms. The normalized spacial score (nSPS) is 15.5. The average Bonchev–Trinajstić information content (AvgIpc) is 2.96. The van der Waals surface area contributed by atoms with Crippen LogP contribution in [0.5, 0.6) is 0 Å². The van der Waals surface area contributed by atoms with Crippen molar-refractivity contribution in [2.24, 2.45) is 0 Å². The summed E-state index contributed by atoms with van der Waals surface area (Å²) in [5.41, 5.74) is 2.51. The van der Waals surface area contributed by atoms with E-state index in [0.717, 1.165) is 24.2 Å². The molecule has 7 heteroatoms. The Morgan fingerprint density at radius 2 is 2.12 bits per heavy atom. The van der Waals surface area contributed by atoms with Crippen molar-refractivity contribution in [1.82, 2.24) is 15.1 Å². The van der Waals surface area contributed by atoms with Crippen LogP contribution in [0.15, 0.2) is 12.1 Å². The van der Waals surface area contributed by atoms with Crippen LogP contribution in [0.3, 0.4) is 0 Å². The van der Waals surface area contributed by atoms with E-state index in [-0.39, 0.29) is 16.8 Å². The number of H-pyrrole nitrogens is 1. The van der Waals surface area contributed by atoms with Crippen LogP contribution < -0.4 is 0 Å². The number of morpholine rings is 1. The number of nitrogens with zero attached hydrogens (tertiary/aromatic N) is 2. The molecular formula is C18H22FN3O3. The van der Waals surface area contributed by atoms with Crippen molar-refractivity contribution in [3.05, 3.63) is 40.3 Å². The van der Waals surface area contributed by atoms with Crippen molar-refractivity contribution in [3.8, 4) is 11.3 Å². The van der Waals surface area contributed by atoms with Gasteiger partial charge in [-0.15, -0.1) is 0 Å². The summed E-state index contributed by atoms with van der Waals surface area (Å²) < 4.78 is 20.3. The Morgan fingerprint density at radius 3 is 2.76 bits per heavy atom. The fourth-order valence-corrected chi connectivity index (χ4v) is 3.19. The van der Waals surface area contributed by atoms with Gasteiger partial charge in [0.2, 0.25) is 0 Å². The fourth-order valence-electron chi connectivity index (χ4n) is 3.19. The monoisotopic (exact) mass is 347 g/mol. The van der Waals surface area contributed by atoms with E-state index in [1.807, 2.05) is 13.0 Å². The standard InChI is InChI=1S/C18H22FN3O3/c1-3-12-8-13(10-22-4-6-25-7-5-22)16(14(19)9-12)17-15(18(23)24)11(2)20-21-17/h8-9H,3-7,10H2,1-2H3,(H,20,21)(H,23,24). The van der Waals surface area contributed by atoms with E-state index < -0.39 is 11.8 Å². The molecule has 25 heavy (non-hydrogen) atoms. The lowest BCUT2D eigenvalue weighted by molar-refractivity contribution is 0.0342. The molecule has 1 aliphatic heterocycles. The summed E-state index contributed by atoms with van der Waals surface area (Å²) in [5.74, 6) is -1.55. The molecule has 6 nitrogen and oxygen atoms in total. The lowest BCUT2D eigenvalue weighted by Crippen LogP contribution is -2.35. The van der Waals surface area contributed by atoms with Gasteiger partial charge in [-0.3, -0.25) is 10.00 Å². The number of aromatic amines is 1. The minimum Gasteiger partial charge on any atom is -0.478 e. The van der Waals surface area contributed by atoms with Gasteiger partial charge in [0, 0.05) is 30.9 Å². The Bertz CT molecular complexity index is 782. The van der Waals surface area contributed by atoms with Crippen molar-refractivity contribution in [2.45, 2.75) is 26.8 Å². The zero-order valence-corrected chi connectivity index (χ0v) is 14.4. The Morgan fingerprint density at radius 1 is 1.40 bits per heavy atom. The van der Waals surface area contributed by atoms with E-state index in [1.54, 1.807) is 6.92 Å². The van der Waals surface area contributed by atoms with E-state index in [1.165, 1.54) is 6.07 Å². The van der Waals surface area contributed by atoms with Gasteiger partial charge in [0.15, 0.2) is 0 Å². The van der Waals surface area contributed by atoms with Gasteiger partial charge >= 0.3 is 5.97 Å². The quantitative estimate of drug-likeness (QED) is 0.869. The zero-order chi connectivity index (χ0) is 18.0. The molecule has 1 saturated heterocycles. The van der Waals surface area contributed by atoms with Gasteiger partial charge in [0.25, 0.3) is 0 Å². The Balaban J connectivity index is 2.10. The maximum atomic E-state index is 14.9. The summed E-state index contributed by atoms with van der Waals surface area (Å²) in [6.07, 6.45) is 0.707. The molecule has 1 aliphatic rings. The van der Waals surface area contributed by atoms with E-state index in [4.69, 9.17) is 4.74 Å². The number of hydrogen-bond acceptors (Lipinski definition) is 4. The van der Waals surface area contributed by atoms with Crippen LogP contribution in [0, 0.1) is 12.7 Å². The predicted octanol–water partition coefficient (Wildman–Crippen LogP) is 2.62. The number of benzene rings is 1. The summed E-state index contributed by atoms with van der Waals surface area (Å²) in [4.78, 5) is 13.8. The first-order chi connectivity index (χ1) is 12.0. The van der Waals surface area contributed by atoms with Gasteiger partial charge in [-0.1, -0.05) is 13.0 Å². The summed E-state index contributed by atoms with van der Waals surface area (Å²) in [5, 5.41) is 16.3. The highest BCUT2D eigenvalue weighted by molar-refractivity contribution is 5.96. The number of carboxylic acids is 1. The van der Waals surface area contributed by atoms with Crippen LogP contribution in [-0.2, 0) is 17.7 Å². The number of halogens is 1. The van der Waals surface area contributed by atoms with Gasteiger partial charge < -0.3 is 9.84 Å². The van der Waals surface area contributed by atoms with Crippen molar-refractivity contribution in [1.29, 1.82) is 0 Å². The first-order valence-corrected chi connectivity index (χ1v) is 8.41. The van der Waals surface area contributed by atoms with Crippen LogP contribution in [0.2, 0.25) is 0 Å². The third kappa shape index (κ3) is 3.57. The predicted molar refractivity (Wildman–Crippen MR) is 91.2 cm³/mol. The van der Waals surface area contributed by atoms with Crippen molar-refractivity contribution < 1.29 is 19.0 Å². The van der Waals surface area contributed by atoms with Crippen LogP contribution >= 0.6 is 0 Å². The number of carbonyl (C=O) groups is 1. The van der Waals surface area contributed by atoms with Crippen molar-refractivity contribution in [2.75, 3.05) is 26.3 Å². The van der Waals surface area contributed by atoms with E-state index >= 15 is 0 Å². The van der Waals surface area contributed by atoms with Crippen molar-refractivity contribution >= 4 is 5.97 Å². The van der Waals surface area contributed by atoms with Crippen LogP contribution in [0.25, 0.3) is 11.3 Å². The van der Waals surface area contributed by atoms with E-state index in [2.05, 4.69) is 15.1 Å². The van der Waals surface area contributed by atoms with Gasteiger partial charge in [-0.2, -0.15) is 5.10 Å². The second kappa shape index (κ2) is 7.33. The number of aromatic nitrogens is 2. The number of carboxylic acid groups (broad SMARTS) is 1.